The molecule has 0 saturated carbocycles. The Morgan fingerprint density at radius 2 is 1.85 bits per heavy atom. The highest BCUT2D eigenvalue weighted by Gasteiger charge is 2.13. The summed E-state index contributed by atoms with van der Waals surface area (Å²) in [6, 6.07) is 8.48. The van der Waals surface area contributed by atoms with Crippen LogP contribution >= 0.6 is 0 Å². The second kappa shape index (κ2) is 5.25. The number of amides is 1. The topological polar surface area (TPSA) is 75.4 Å². The van der Waals surface area contributed by atoms with Gasteiger partial charge in [-0.3, -0.25) is 4.79 Å². The van der Waals surface area contributed by atoms with Crippen molar-refractivity contribution in [3.63, 3.8) is 0 Å². The van der Waals surface area contributed by atoms with E-state index in [4.69, 9.17) is 5.73 Å². The molecule has 0 radical (unpaired) electrons. The number of aromatic hydroxyl groups is 1. The minimum absolute atomic E-state index is 0.102. The van der Waals surface area contributed by atoms with E-state index < -0.39 is 0 Å². The van der Waals surface area contributed by atoms with Crippen LogP contribution in [0.15, 0.2) is 30.3 Å². The number of carbonyl (C=O) groups excluding carboxylic acids is 1. The summed E-state index contributed by atoms with van der Waals surface area (Å²) in [6.45, 7) is 5.71. The molecule has 0 aliphatic carbocycles. The number of phenols is 1. The predicted octanol–water partition coefficient (Wildman–Crippen LogP) is 3.15. The average Bonchev–Trinajstić information content (AvgIpc) is 2.42. The van der Waals surface area contributed by atoms with Crippen LogP contribution in [0.25, 0.3) is 0 Å². The van der Waals surface area contributed by atoms with E-state index >= 15 is 0 Å². The number of benzene rings is 2. The lowest BCUT2D eigenvalue weighted by molar-refractivity contribution is 0.102. The molecule has 0 aliphatic heterocycles. The highest BCUT2D eigenvalue weighted by molar-refractivity contribution is 6.05. The maximum absolute atomic E-state index is 12.1. The average molecular weight is 270 g/mol. The molecule has 2 aromatic carbocycles. The second-order valence-electron chi connectivity index (χ2n) is 4.92. The zero-order valence-corrected chi connectivity index (χ0v) is 11.8. The van der Waals surface area contributed by atoms with Crippen LogP contribution in [0, 0.1) is 20.8 Å². The van der Waals surface area contributed by atoms with Crippen molar-refractivity contribution in [1.29, 1.82) is 0 Å². The number of phenolic OH excluding ortho intramolecular Hbond substituents is 1. The third-order valence-electron chi connectivity index (χ3n) is 3.52. The van der Waals surface area contributed by atoms with Gasteiger partial charge in [-0.2, -0.15) is 0 Å². The number of hydrogen-bond donors (Lipinski definition) is 3. The molecule has 0 saturated heterocycles. The maximum Gasteiger partial charge on any atom is 0.255 e. The monoisotopic (exact) mass is 270 g/mol. The summed E-state index contributed by atoms with van der Waals surface area (Å²) in [5.74, 6) is -0.194. The van der Waals surface area contributed by atoms with Crippen molar-refractivity contribution in [2.75, 3.05) is 11.1 Å². The van der Waals surface area contributed by atoms with Gasteiger partial charge in [0.25, 0.3) is 5.91 Å². The fourth-order valence-electron chi connectivity index (χ4n) is 2.04. The van der Waals surface area contributed by atoms with Gasteiger partial charge < -0.3 is 16.2 Å². The Balaban J connectivity index is 2.33. The lowest BCUT2D eigenvalue weighted by atomic mass is 10.0. The summed E-state index contributed by atoms with van der Waals surface area (Å²) < 4.78 is 0. The normalized spacial score (nSPS) is 10.3. The summed E-state index contributed by atoms with van der Waals surface area (Å²) >= 11 is 0. The number of aryl methyl sites for hydroxylation is 1. The number of nitrogen functional groups attached to an aromatic ring is 1. The SMILES string of the molecule is Cc1cc(NC(=O)c2cccc(N)c2)c(O)c(C)c1C. The van der Waals surface area contributed by atoms with E-state index in [0.29, 0.717) is 16.9 Å². The van der Waals surface area contributed by atoms with Crippen molar-refractivity contribution in [3.05, 3.63) is 52.6 Å². The molecular formula is C16H18N2O2. The van der Waals surface area contributed by atoms with Gasteiger partial charge in [0.15, 0.2) is 0 Å². The summed E-state index contributed by atoms with van der Waals surface area (Å²) in [5.41, 5.74) is 9.86. The molecule has 4 N–H and O–H groups in total. The maximum atomic E-state index is 12.1. The number of nitrogens with two attached hydrogens (primary N) is 1. The number of nitrogens with one attached hydrogen (secondary N) is 1. The van der Waals surface area contributed by atoms with Crippen LogP contribution in [0.5, 0.6) is 5.75 Å². The Hall–Kier alpha value is -2.49. The van der Waals surface area contributed by atoms with Crippen molar-refractivity contribution in [1.82, 2.24) is 0 Å². The zero-order valence-electron chi connectivity index (χ0n) is 11.8. The van der Waals surface area contributed by atoms with Crippen molar-refractivity contribution >= 4 is 17.3 Å². The lowest BCUT2D eigenvalue weighted by Gasteiger charge is -2.13. The fraction of sp³-hybridized carbons (Fsp3) is 0.188. The van der Waals surface area contributed by atoms with Gasteiger partial charge in [0, 0.05) is 11.3 Å². The van der Waals surface area contributed by atoms with Crippen LogP contribution in [0.1, 0.15) is 27.0 Å². The first kappa shape index (κ1) is 13.9. The summed E-state index contributed by atoms with van der Waals surface area (Å²) in [5, 5.41) is 12.8. The van der Waals surface area contributed by atoms with E-state index in [1.807, 2.05) is 20.8 Å². The molecule has 0 heterocycles. The zero-order chi connectivity index (χ0) is 14.9. The number of carbonyl (C=O) groups is 1. The van der Waals surface area contributed by atoms with E-state index in [9.17, 15) is 9.90 Å². The van der Waals surface area contributed by atoms with Gasteiger partial charge in [-0.15, -0.1) is 0 Å². The van der Waals surface area contributed by atoms with Crippen LogP contribution in [-0.2, 0) is 0 Å². The Morgan fingerprint density at radius 1 is 1.15 bits per heavy atom. The Kier molecular flexibility index (Phi) is 3.66. The van der Waals surface area contributed by atoms with Crippen LogP contribution in [-0.4, -0.2) is 11.0 Å². The van der Waals surface area contributed by atoms with E-state index in [1.54, 1.807) is 30.3 Å². The van der Waals surface area contributed by atoms with E-state index in [0.717, 1.165) is 16.7 Å². The minimum Gasteiger partial charge on any atom is -0.505 e. The predicted molar refractivity (Wildman–Crippen MR) is 81.1 cm³/mol. The molecule has 0 atom stereocenters. The molecule has 0 fully saturated rings. The standard InChI is InChI=1S/C16H18N2O2/c1-9-7-14(15(19)11(3)10(9)2)18-16(20)12-5-4-6-13(17)8-12/h4-8,19H,17H2,1-3H3,(H,18,20). The van der Waals surface area contributed by atoms with Gasteiger partial charge in [-0.25, -0.2) is 0 Å². The number of rotatable bonds is 2. The molecule has 4 nitrogen and oxygen atoms in total. The third kappa shape index (κ3) is 2.59. The molecular weight excluding hydrogens is 252 g/mol. The van der Waals surface area contributed by atoms with Gasteiger partial charge >= 0.3 is 0 Å². The first-order chi connectivity index (χ1) is 9.40. The molecule has 4 heteroatoms. The Labute approximate surface area is 118 Å². The van der Waals surface area contributed by atoms with Gasteiger partial charge in [0.05, 0.1) is 5.69 Å². The molecule has 2 aromatic rings. The third-order valence-corrected chi connectivity index (χ3v) is 3.52. The molecule has 0 bridgehead atoms. The van der Waals surface area contributed by atoms with Crippen LogP contribution in [0.4, 0.5) is 11.4 Å². The minimum atomic E-state index is -0.296. The summed E-state index contributed by atoms with van der Waals surface area (Å²) in [6.07, 6.45) is 0. The van der Waals surface area contributed by atoms with Crippen molar-refractivity contribution in [3.8, 4) is 5.75 Å². The lowest BCUT2D eigenvalue weighted by Crippen LogP contribution is -2.13. The second-order valence-corrected chi connectivity index (χ2v) is 4.92. The van der Waals surface area contributed by atoms with Gasteiger partial charge in [-0.1, -0.05) is 6.07 Å². The number of hydrogen-bond acceptors (Lipinski definition) is 3. The molecule has 0 aliphatic rings. The highest BCUT2D eigenvalue weighted by atomic mass is 16.3. The van der Waals surface area contributed by atoms with Crippen molar-refractivity contribution < 1.29 is 9.90 Å². The van der Waals surface area contributed by atoms with Crippen molar-refractivity contribution in [2.24, 2.45) is 0 Å². The first-order valence-corrected chi connectivity index (χ1v) is 6.37. The molecule has 20 heavy (non-hydrogen) atoms. The van der Waals surface area contributed by atoms with Crippen LogP contribution in [0.2, 0.25) is 0 Å². The summed E-state index contributed by atoms with van der Waals surface area (Å²) in [4.78, 5) is 12.1. The fourth-order valence-corrected chi connectivity index (χ4v) is 2.04. The first-order valence-electron chi connectivity index (χ1n) is 6.37. The van der Waals surface area contributed by atoms with E-state index in [2.05, 4.69) is 5.32 Å². The van der Waals surface area contributed by atoms with Gasteiger partial charge in [0.1, 0.15) is 5.75 Å². The van der Waals surface area contributed by atoms with Gasteiger partial charge in [0.2, 0.25) is 0 Å². The largest absolute Gasteiger partial charge is 0.505 e. The Morgan fingerprint density at radius 3 is 2.50 bits per heavy atom. The number of anilines is 2. The highest BCUT2D eigenvalue weighted by Crippen LogP contribution is 2.32. The van der Waals surface area contributed by atoms with Crippen LogP contribution < -0.4 is 11.1 Å². The van der Waals surface area contributed by atoms with Crippen molar-refractivity contribution in [2.45, 2.75) is 20.8 Å². The molecule has 0 unspecified atom stereocenters. The van der Waals surface area contributed by atoms with Gasteiger partial charge in [-0.05, 0) is 61.7 Å². The van der Waals surface area contributed by atoms with E-state index in [1.165, 1.54) is 0 Å². The molecule has 1 amide bonds. The Bertz CT molecular complexity index is 678. The van der Waals surface area contributed by atoms with Crippen LogP contribution in [0.3, 0.4) is 0 Å². The molecule has 0 aromatic heterocycles. The smallest absolute Gasteiger partial charge is 0.255 e. The molecule has 0 spiro atoms. The van der Waals surface area contributed by atoms with E-state index in [-0.39, 0.29) is 11.7 Å². The molecule has 104 valence electrons. The molecule has 2 rings (SSSR count). The quantitative estimate of drug-likeness (QED) is 0.579. The summed E-state index contributed by atoms with van der Waals surface area (Å²) in [7, 11) is 0.